The van der Waals surface area contributed by atoms with Crippen LogP contribution < -0.4 is 10.1 Å². The second-order valence-corrected chi connectivity index (χ2v) is 9.75. The fourth-order valence-corrected chi connectivity index (χ4v) is 4.28. The Morgan fingerprint density at radius 1 is 1.16 bits per heavy atom. The molecule has 1 saturated heterocycles. The standard InChI is InChI=1S/C26H37N3O2/c1-18-19(2)23(31-6)11-10-21(18)17-29-15-12-20(13-16-29)24(22-9-7-8-14-27-22)28-25(30)26(3,4)5/h7-11,14,20,24H,12-13,15-17H2,1-6H3,(H,28,30)/t24-/m0/s1. The first kappa shape index (κ1) is 23.3. The maximum Gasteiger partial charge on any atom is 0.225 e. The van der Waals surface area contributed by atoms with E-state index in [-0.39, 0.29) is 11.9 Å². The molecular weight excluding hydrogens is 386 g/mol. The number of hydrogen-bond acceptors (Lipinski definition) is 4. The topological polar surface area (TPSA) is 54.5 Å². The third-order valence-corrected chi connectivity index (χ3v) is 6.54. The van der Waals surface area contributed by atoms with Gasteiger partial charge < -0.3 is 10.1 Å². The van der Waals surface area contributed by atoms with Crippen LogP contribution in [0, 0.1) is 25.2 Å². The number of nitrogens with zero attached hydrogens (tertiary/aromatic N) is 2. The number of rotatable bonds is 6. The van der Waals surface area contributed by atoms with Crippen molar-refractivity contribution in [1.29, 1.82) is 0 Å². The van der Waals surface area contributed by atoms with Crippen LogP contribution in [0.2, 0.25) is 0 Å². The van der Waals surface area contributed by atoms with Crippen LogP contribution in [0.3, 0.4) is 0 Å². The summed E-state index contributed by atoms with van der Waals surface area (Å²) in [6.07, 6.45) is 3.90. The van der Waals surface area contributed by atoms with E-state index in [2.05, 4.69) is 41.2 Å². The van der Waals surface area contributed by atoms with E-state index in [1.807, 2.05) is 45.2 Å². The molecule has 2 aromatic rings. The predicted octanol–water partition coefficient (Wildman–Crippen LogP) is 4.82. The van der Waals surface area contributed by atoms with Gasteiger partial charge in [0, 0.05) is 18.2 Å². The Hall–Kier alpha value is -2.40. The van der Waals surface area contributed by atoms with Gasteiger partial charge in [0.15, 0.2) is 0 Å². The van der Waals surface area contributed by atoms with Crippen LogP contribution in [-0.2, 0) is 11.3 Å². The summed E-state index contributed by atoms with van der Waals surface area (Å²) in [5.74, 6) is 1.42. The van der Waals surface area contributed by atoms with Crippen LogP contribution >= 0.6 is 0 Å². The lowest BCUT2D eigenvalue weighted by Crippen LogP contribution is -2.44. The summed E-state index contributed by atoms with van der Waals surface area (Å²) in [6.45, 7) is 13.2. The smallest absolute Gasteiger partial charge is 0.225 e. The molecule has 1 aromatic heterocycles. The molecular formula is C26H37N3O2. The Morgan fingerprint density at radius 2 is 1.87 bits per heavy atom. The number of nitrogens with one attached hydrogen (secondary N) is 1. The third kappa shape index (κ3) is 5.65. The molecule has 5 heteroatoms. The SMILES string of the molecule is COc1ccc(CN2CCC([C@H](NC(=O)C(C)(C)C)c3ccccn3)CC2)c(C)c1C. The summed E-state index contributed by atoms with van der Waals surface area (Å²) >= 11 is 0. The van der Waals surface area contributed by atoms with Crippen LogP contribution in [0.15, 0.2) is 36.5 Å². The van der Waals surface area contributed by atoms with Crippen LogP contribution in [0.1, 0.15) is 62.0 Å². The number of ether oxygens (including phenoxy) is 1. The number of likely N-dealkylation sites (tertiary alicyclic amines) is 1. The highest BCUT2D eigenvalue weighted by Crippen LogP contribution is 2.32. The number of pyridine rings is 1. The molecule has 2 heterocycles. The van der Waals surface area contributed by atoms with Crippen molar-refractivity contribution in [2.75, 3.05) is 20.2 Å². The predicted molar refractivity (Wildman–Crippen MR) is 125 cm³/mol. The Kier molecular flexibility index (Phi) is 7.37. The normalized spacial score (nSPS) is 16.7. The van der Waals surface area contributed by atoms with E-state index >= 15 is 0 Å². The monoisotopic (exact) mass is 423 g/mol. The molecule has 0 bridgehead atoms. The van der Waals surface area contributed by atoms with Crippen LogP contribution in [-0.4, -0.2) is 36.0 Å². The minimum atomic E-state index is -0.419. The first-order valence-corrected chi connectivity index (χ1v) is 11.3. The quantitative estimate of drug-likeness (QED) is 0.724. The summed E-state index contributed by atoms with van der Waals surface area (Å²) in [4.78, 5) is 19.9. The molecule has 168 valence electrons. The van der Waals surface area contributed by atoms with E-state index in [9.17, 15) is 4.79 Å². The van der Waals surface area contributed by atoms with E-state index in [0.717, 1.165) is 43.9 Å². The van der Waals surface area contributed by atoms with E-state index in [1.165, 1.54) is 16.7 Å². The number of carbonyl (C=O) groups excluding carboxylic acids is 1. The maximum atomic E-state index is 12.8. The van der Waals surface area contributed by atoms with Gasteiger partial charge >= 0.3 is 0 Å². The molecule has 1 aromatic carbocycles. The van der Waals surface area contributed by atoms with Gasteiger partial charge in [0.2, 0.25) is 5.91 Å². The number of methoxy groups -OCH3 is 1. The summed E-state index contributed by atoms with van der Waals surface area (Å²) in [5.41, 5.74) is 4.43. The number of hydrogen-bond donors (Lipinski definition) is 1. The minimum absolute atomic E-state index is 0.0416. The van der Waals surface area contributed by atoms with E-state index in [0.29, 0.717) is 5.92 Å². The zero-order valence-corrected chi connectivity index (χ0v) is 19.9. The second kappa shape index (κ2) is 9.82. The summed E-state index contributed by atoms with van der Waals surface area (Å²) in [6, 6.07) is 10.2. The summed E-state index contributed by atoms with van der Waals surface area (Å²) < 4.78 is 5.45. The fraction of sp³-hybridized carbons (Fsp3) is 0.538. The zero-order valence-electron chi connectivity index (χ0n) is 19.9. The maximum absolute atomic E-state index is 12.8. The molecule has 1 N–H and O–H groups in total. The molecule has 5 nitrogen and oxygen atoms in total. The number of amides is 1. The lowest BCUT2D eigenvalue weighted by atomic mass is 9.85. The van der Waals surface area contributed by atoms with Gasteiger partial charge in [0.05, 0.1) is 18.8 Å². The van der Waals surface area contributed by atoms with Crippen LogP contribution in [0.4, 0.5) is 0 Å². The van der Waals surface area contributed by atoms with Crippen LogP contribution in [0.25, 0.3) is 0 Å². The molecule has 0 aliphatic carbocycles. The molecule has 3 rings (SSSR count). The van der Waals surface area contributed by atoms with E-state index < -0.39 is 5.41 Å². The Bertz CT molecular complexity index is 882. The van der Waals surface area contributed by atoms with E-state index in [4.69, 9.17) is 4.74 Å². The van der Waals surface area contributed by atoms with Crippen molar-refractivity contribution in [2.45, 2.75) is 60.0 Å². The second-order valence-electron chi connectivity index (χ2n) is 9.75. The van der Waals surface area contributed by atoms with Gasteiger partial charge in [-0.2, -0.15) is 0 Å². The highest BCUT2D eigenvalue weighted by Gasteiger charge is 2.32. The van der Waals surface area contributed by atoms with E-state index in [1.54, 1.807) is 7.11 Å². The van der Waals surface area contributed by atoms with Crippen molar-refractivity contribution in [3.63, 3.8) is 0 Å². The molecule has 1 amide bonds. The highest BCUT2D eigenvalue weighted by atomic mass is 16.5. The Labute approximate surface area is 187 Å². The van der Waals surface area contributed by atoms with Crippen molar-refractivity contribution in [3.8, 4) is 5.75 Å². The van der Waals surface area contributed by atoms with Gasteiger partial charge in [0.1, 0.15) is 5.75 Å². The van der Waals surface area contributed by atoms with Gasteiger partial charge in [-0.05, 0) is 80.6 Å². The van der Waals surface area contributed by atoms with Crippen LogP contribution in [0.5, 0.6) is 5.75 Å². The molecule has 1 aliphatic heterocycles. The molecule has 31 heavy (non-hydrogen) atoms. The van der Waals surface area contributed by atoms with Crippen molar-refractivity contribution in [1.82, 2.24) is 15.2 Å². The lowest BCUT2D eigenvalue weighted by molar-refractivity contribution is -0.129. The van der Waals surface area contributed by atoms with Gasteiger partial charge in [0.25, 0.3) is 0 Å². The van der Waals surface area contributed by atoms with Gasteiger partial charge in [-0.15, -0.1) is 0 Å². The largest absolute Gasteiger partial charge is 0.496 e. The first-order chi connectivity index (χ1) is 14.7. The van der Waals surface area contributed by atoms with Gasteiger partial charge in [-0.3, -0.25) is 14.7 Å². The van der Waals surface area contributed by atoms with Gasteiger partial charge in [-0.1, -0.05) is 32.9 Å². The molecule has 1 aliphatic rings. The molecule has 0 radical (unpaired) electrons. The zero-order chi connectivity index (χ0) is 22.6. The first-order valence-electron chi connectivity index (χ1n) is 11.3. The molecule has 0 spiro atoms. The fourth-order valence-electron chi connectivity index (χ4n) is 4.28. The number of benzene rings is 1. The highest BCUT2D eigenvalue weighted by molar-refractivity contribution is 5.81. The van der Waals surface area contributed by atoms with Crippen molar-refractivity contribution in [3.05, 3.63) is 58.9 Å². The lowest BCUT2D eigenvalue weighted by Gasteiger charge is -2.37. The van der Waals surface area contributed by atoms with Crippen molar-refractivity contribution in [2.24, 2.45) is 11.3 Å². The summed E-state index contributed by atoms with van der Waals surface area (Å²) in [7, 11) is 1.72. The Balaban J connectivity index is 1.68. The van der Waals surface area contributed by atoms with Crippen molar-refractivity contribution < 1.29 is 9.53 Å². The molecule has 1 atom stereocenters. The number of piperidine rings is 1. The molecule has 0 saturated carbocycles. The number of carbonyl (C=O) groups is 1. The average molecular weight is 424 g/mol. The van der Waals surface area contributed by atoms with Crippen molar-refractivity contribution >= 4 is 5.91 Å². The molecule has 0 unspecified atom stereocenters. The molecule has 1 fully saturated rings. The Morgan fingerprint density at radius 3 is 2.45 bits per heavy atom. The summed E-state index contributed by atoms with van der Waals surface area (Å²) in [5, 5.41) is 3.30. The number of aromatic nitrogens is 1. The third-order valence-electron chi connectivity index (χ3n) is 6.54. The minimum Gasteiger partial charge on any atom is -0.496 e. The average Bonchev–Trinajstić information content (AvgIpc) is 2.76. The van der Waals surface area contributed by atoms with Gasteiger partial charge in [-0.25, -0.2) is 0 Å².